The number of hydrogen-bond acceptors (Lipinski definition) is 6. The number of carbonyl (C=O) groups is 1. The summed E-state index contributed by atoms with van der Waals surface area (Å²) in [4.78, 5) is 22.5. The van der Waals surface area contributed by atoms with Crippen LogP contribution in [0.1, 0.15) is 13.8 Å². The minimum atomic E-state index is -0.669. The number of carbonyl (C=O) groups excluding carboxylic acids is 1. The van der Waals surface area contributed by atoms with Crippen molar-refractivity contribution in [3.63, 3.8) is 0 Å². The van der Waals surface area contributed by atoms with E-state index in [2.05, 4.69) is 15.3 Å². The lowest BCUT2D eigenvalue weighted by Crippen LogP contribution is -2.30. The number of fused-ring (bicyclic) bond motifs is 1. The van der Waals surface area contributed by atoms with Crippen molar-refractivity contribution >= 4 is 33.3 Å². The van der Waals surface area contributed by atoms with Crippen LogP contribution in [-0.2, 0) is 4.79 Å². The molecule has 2 aromatic heterocycles. The number of anilines is 1. The van der Waals surface area contributed by atoms with Gasteiger partial charge in [-0.3, -0.25) is 4.79 Å². The summed E-state index contributed by atoms with van der Waals surface area (Å²) in [6.07, 6.45) is 1.09. The van der Waals surface area contributed by atoms with Crippen molar-refractivity contribution in [3.05, 3.63) is 66.9 Å². The zero-order valence-corrected chi connectivity index (χ0v) is 17.5. The summed E-state index contributed by atoms with van der Waals surface area (Å²) in [6, 6.07) is 18.7. The molecular formula is C23H21N3O3S. The predicted molar refractivity (Wildman–Crippen MR) is 119 cm³/mol. The third kappa shape index (κ3) is 4.58. The van der Waals surface area contributed by atoms with Crippen LogP contribution >= 0.6 is 11.3 Å². The summed E-state index contributed by atoms with van der Waals surface area (Å²) in [6.45, 7) is 4.20. The van der Waals surface area contributed by atoms with E-state index in [4.69, 9.17) is 9.47 Å². The van der Waals surface area contributed by atoms with Crippen LogP contribution in [0.3, 0.4) is 0 Å². The van der Waals surface area contributed by atoms with Crippen LogP contribution in [0.15, 0.2) is 66.9 Å². The summed E-state index contributed by atoms with van der Waals surface area (Å²) in [7, 11) is 0. The number of thiazole rings is 1. The molecule has 0 saturated heterocycles. The molecule has 4 rings (SSSR count). The van der Waals surface area contributed by atoms with E-state index in [9.17, 15) is 4.79 Å². The van der Waals surface area contributed by atoms with Crippen LogP contribution in [0.5, 0.6) is 11.5 Å². The van der Waals surface area contributed by atoms with E-state index in [1.165, 1.54) is 11.3 Å². The first-order chi connectivity index (χ1) is 14.6. The normalized spacial score (nSPS) is 11.8. The molecule has 0 aliphatic rings. The van der Waals surface area contributed by atoms with Gasteiger partial charge in [-0.2, -0.15) is 0 Å². The van der Waals surface area contributed by atoms with Crippen LogP contribution in [0.25, 0.3) is 20.9 Å². The third-order valence-electron chi connectivity index (χ3n) is 4.34. The molecular weight excluding hydrogens is 398 g/mol. The van der Waals surface area contributed by atoms with Gasteiger partial charge in [0.25, 0.3) is 5.91 Å². The number of aromatic nitrogens is 2. The van der Waals surface area contributed by atoms with Crippen LogP contribution in [0, 0.1) is 0 Å². The van der Waals surface area contributed by atoms with Gasteiger partial charge in [0.05, 0.1) is 6.61 Å². The van der Waals surface area contributed by atoms with Gasteiger partial charge in [0.15, 0.2) is 6.10 Å². The van der Waals surface area contributed by atoms with E-state index in [1.54, 1.807) is 25.3 Å². The second kappa shape index (κ2) is 8.92. The largest absolute Gasteiger partial charge is 0.494 e. The minimum absolute atomic E-state index is 0.236. The lowest BCUT2D eigenvalue weighted by atomic mass is 10.2. The number of ether oxygens (including phenoxy) is 2. The Morgan fingerprint density at radius 2 is 1.93 bits per heavy atom. The molecule has 0 aliphatic heterocycles. The van der Waals surface area contributed by atoms with Gasteiger partial charge in [-0.25, -0.2) is 9.97 Å². The molecule has 0 aliphatic carbocycles. The number of hydrogen-bond donors (Lipinski definition) is 1. The van der Waals surface area contributed by atoms with E-state index >= 15 is 0 Å². The fourth-order valence-corrected chi connectivity index (χ4v) is 3.83. The summed E-state index contributed by atoms with van der Waals surface area (Å²) < 4.78 is 11.3. The fraction of sp³-hybridized carbons (Fsp3) is 0.174. The molecule has 2 aromatic carbocycles. The maximum absolute atomic E-state index is 12.6. The van der Waals surface area contributed by atoms with Crippen LogP contribution in [0.2, 0.25) is 0 Å². The Morgan fingerprint density at radius 1 is 1.10 bits per heavy atom. The van der Waals surface area contributed by atoms with Gasteiger partial charge >= 0.3 is 0 Å². The molecule has 2 heterocycles. The minimum Gasteiger partial charge on any atom is -0.494 e. The van der Waals surface area contributed by atoms with Gasteiger partial charge in [0, 0.05) is 23.5 Å². The standard InChI is InChI=1S/C23H21N3O3S/c1-3-28-18-9-5-10-19(14-18)29-15(2)21(27)25-17-8-4-7-16(13-17)22-26-20-11-6-12-24-23(20)30-22/h4-15H,3H2,1-2H3,(H,25,27). The summed E-state index contributed by atoms with van der Waals surface area (Å²) in [5, 5.41) is 3.77. The van der Waals surface area contributed by atoms with E-state index in [-0.39, 0.29) is 5.91 Å². The Balaban J connectivity index is 1.45. The van der Waals surface area contributed by atoms with Crippen molar-refractivity contribution in [3.8, 4) is 22.1 Å². The van der Waals surface area contributed by atoms with Crippen LogP contribution in [0.4, 0.5) is 5.69 Å². The Bertz CT molecular complexity index is 1140. The molecule has 0 saturated carbocycles. The van der Waals surface area contributed by atoms with E-state index in [0.29, 0.717) is 23.8 Å². The Labute approximate surface area is 178 Å². The van der Waals surface area contributed by atoms with E-state index in [1.807, 2.05) is 55.5 Å². The number of rotatable bonds is 7. The summed E-state index contributed by atoms with van der Waals surface area (Å²) in [5.74, 6) is 1.06. The molecule has 1 amide bonds. The highest BCUT2D eigenvalue weighted by Gasteiger charge is 2.16. The highest BCUT2D eigenvalue weighted by molar-refractivity contribution is 7.21. The van der Waals surface area contributed by atoms with Crippen LogP contribution < -0.4 is 14.8 Å². The molecule has 1 unspecified atom stereocenters. The zero-order chi connectivity index (χ0) is 20.9. The van der Waals surface area contributed by atoms with Crippen molar-refractivity contribution in [1.29, 1.82) is 0 Å². The molecule has 1 atom stereocenters. The Morgan fingerprint density at radius 3 is 2.77 bits per heavy atom. The molecule has 6 nitrogen and oxygen atoms in total. The number of nitrogens with zero attached hydrogens (tertiary/aromatic N) is 2. The second-order valence-electron chi connectivity index (χ2n) is 6.58. The SMILES string of the molecule is CCOc1cccc(OC(C)C(=O)Nc2cccc(-c3nc4cccnc4s3)c2)c1. The lowest BCUT2D eigenvalue weighted by Gasteiger charge is -2.15. The number of nitrogens with one attached hydrogen (secondary N) is 1. The van der Waals surface area contributed by atoms with Crippen molar-refractivity contribution in [2.45, 2.75) is 20.0 Å². The van der Waals surface area contributed by atoms with E-state index in [0.717, 1.165) is 20.9 Å². The molecule has 152 valence electrons. The number of amides is 1. The maximum atomic E-state index is 12.6. The number of pyridine rings is 1. The molecule has 7 heteroatoms. The van der Waals surface area contributed by atoms with Crippen molar-refractivity contribution in [2.75, 3.05) is 11.9 Å². The van der Waals surface area contributed by atoms with Gasteiger partial charge in [-0.15, -0.1) is 0 Å². The van der Waals surface area contributed by atoms with Crippen molar-refractivity contribution < 1.29 is 14.3 Å². The first-order valence-electron chi connectivity index (χ1n) is 9.65. The topological polar surface area (TPSA) is 73.3 Å². The van der Waals surface area contributed by atoms with Gasteiger partial charge in [-0.05, 0) is 50.2 Å². The first kappa shape index (κ1) is 19.8. The summed E-state index contributed by atoms with van der Waals surface area (Å²) >= 11 is 1.52. The molecule has 0 fully saturated rings. The molecule has 0 radical (unpaired) electrons. The van der Waals surface area contributed by atoms with E-state index < -0.39 is 6.10 Å². The van der Waals surface area contributed by atoms with Gasteiger partial charge in [0.2, 0.25) is 0 Å². The Kier molecular flexibility index (Phi) is 5.90. The predicted octanol–water partition coefficient (Wildman–Crippen LogP) is 5.16. The fourth-order valence-electron chi connectivity index (χ4n) is 2.93. The lowest BCUT2D eigenvalue weighted by molar-refractivity contribution is -0.122. The average Bonchev–Trinajstić information content (AvgIpc) is 3.19. The molecule has 0 bridgehead atoms. The average molecular weight is 420 g/mol. The Hall–Kier alpha value is -3.45. The summed E-state index contributed by atoms with van der Waals surface area (Å²) in [5.41, 5.74) is 2.47. The van der Waals surface area contributed by atoms with Crippen molar-refractivity contribution in [2.24, 2.45) is 0 Å². The van der Waals surface area contributed by atoms with Crippen molar-refractivity contribution in [1.82, 2.24) is 9.97 Å². The molecule has 0 spiro atoms. The zero-order valence-electron chi connectivity index (χ0n) is 16.7. The van der Waals surface area contributed by atoms with Gasteiger partial charge < -0.3 is 14.8 Å². The van der Waals surface area contributed by atoms with Gasteiger partial charge in [-0.1, -0.05) is 29.5 Å². The first-order valence-corrected chi connectivity index (χ1v) is 10.5. The monoisotopic (exact) mass is 419 g/mol. The maximum Gasteiger partial charge on any atom is 0.265 e. The molecule has 1 N–H and O–H groups in total. The quantitative estimate of drug-likeness (QED) is 0.448. The van der Waals surface area contributed by atoms with Crippen LogP contribution in [-0.4, -0.2) is 28.6 Å². The highest BCUT2D eigenvalue weighted by atomic mass is 32.1. The molecule has 30 heavy (non-hydrogen) atoms. The smallest absolute Gasteiger partial charge is 0.265 e. The number of benzene rings is 2. The molecule has 4 aromatic rings. The highest BCUT2D eigenvalue weighted by Crippen LogP contribution is 2.30. The van der Waals surface area contributed by atoms with Gasteiger partial charge in [0.1, 0.15) is 26.9 Å². The second-order valence-corrected chi connectivity index (χ2v) is 7.56. The third-order valence-corrected chi connectivity index (χ3v) is 5.37.